The molecule has 1 heterocycles. The van der Waals surface area contributed by atoms with E-state index in [4.69, 9.17) is 15.4 Å². The van der Waals surface area contributed by atoms with E-state index in [1.807, 2.05) is 0 Å². The van der Waals surface area contributed by atoms with E-state index in [1.54, 1.807) is 25.6 Å². The standard InChI is InChI=1S/C10H17ClN2O3S/c1-8-10(17(11,14)15)9(2)13(12-8)6-4-5-7-16-3/h4-7H2,1-3H3. The molecule has 98 valence electrons. The summed E-state index contributed by atoms with van der Waals surface area (Å²) in [7, 11) is 3.30. The average Bonchev–Trinajstić information content (AvgIpc) is 2.48. The molecule has 0 N–H and O–H groups in total. The van der Waals surface area contributed by atoms with Crippen LogP contribution < -0.4 is 0 Å². The molecule has 17 heavy (non-hydrogen) atoms. The minimum absolute atomic E-state index is 0.130. The zero-order valence-corrected chi connectivity index (χ0v) is 11.8. The Bertz CT molecular complexity index is 482. The fourth-order valence-electron chi connectivity index (χ4n) is 1.76. The van der Waals surface area contributed by atoms with Crippen LogP contribution in [0.25, 0.3) is 0 Å². The summed E-state index contributed by atoms with van der Waals surface area (Å²) < 4.78 is 29.3. The maximum atomic E-state index is 11.4. The van der Waals surface area contributed by atoms with Gasteiger partial charge in [0.05, 0.1) is 11.4 Å². The van der Waals surface area contributed by atoms with Gasteiger partial charge in [0.25, 0.3) is 9.05 Å². The van der Waals surface area contributed by atoms with Crippen LogP contribution in [0.3, 0.4) is 0 Å². The molecule has 0 aromatic carbocycles. The lowest BCUT2D eigenvalue weighted by atomic mass is 10.3. The average molecular weight is 281 g/mol. The van der Waals surface area contributed by atoms with Gasteiger partial charge >= 0.3 is 0 Å². The van der Waals surface area contributed by atoms with Crippen LogP contribution in [0.1, 0.15) is 24.2 Å². The van der Waals surface area contributed by atoms with Gasteiger partial charge in [-0.25, -0.2) is 8.42 Å². The van der Waals surface area contributed by atoms with Crippen LogP contribution in [0.4, 0.5) is 0 Å². The van der Waals surface area contributed by atoms with Crippen molar-refractivity contribution < 1.29 is 13.2 Å². The normalized spacial score (nSPS) is 12.0. The van der Waals surface area contributed by atoms with Crippen molar-refractivity contribution >= 4 is 19.7 Å². The molecule has 0 aliphatic carbocycles. The second-order valence-corrected chi connectivity index (χ2v) is 6.36. The molecule has 0 atom stereocenters. The zero-order chi connectivity index (χ0) is 13.1. The topological polar surface area (TPSA) is 61.2 Å². The first kappa shape index (κ1) is 14.5. The Kier molecular flexibility index (Phi) is 4.97. The van der Waals surface area contributed by atoms with Crippen LogP contribution in [0, 0.1) is 13.8 Å². The van der Waals surface area contributed by atoms with Gasteiger partial charge in [0.1, 0.15) is 4.90 Å². The molecule has 0 radical (unpaired) electrons. The molecular weight excluding hydrogens is 264 g/mol. The quantitative estimate of drug-likeness (QED) is 0.589. The number of unbranched alkanes of at least 4 members (excludes halogenated alkanes) is 1. The molecule has 0 unspecified atom stereocenters. The lowest BCUT2D eigenvalue weighted by molar-refractivity contribution is 0.191. The molecule has 0 aliphatic rings. The first-order valence-corrected chi connectivity index (χ1v) is 7.66. The number of hydrogen-bond acceptors (Lipinski definition) is 4. The Morgan fingerprint density at radius 2 is 2.00 bits per heavy atom. The Hall–Kier alpha value is -0.590. The van der Waals surface area contributed by atoms with E-state index >= 15 is 0 Å². The smallest absolute Gasteiger partial charge is 0.264 e. The van der Waals surface area contributed by atoms with Gasteiger partial charge in [-0.15, -0.1) is 0 Å². The van der Waals surface area contributed by atoms with Crippen molar-refractivity contribution in [1.29, 1.82) is 0 Å². The highest BCUT2D eigenvalue weighted by molar-refractivity contribution is 8.13. The molecule has 0 saturated carbocycles. The van der Waals surface area contributed by atoms with Crippen molar-refractivity contribution in [2.75, 3.05) is 13.7 Å². The second kappa shape index (κ2) is 5.84. The van der Waals surface area contributed by atoms with E-state index in [1.165, 1.54) is 0 Å². The number of halogens is 1. The largest absolute Gasteiger partial charge is 0.385 e. The van der Waals surface area contributed by atoms with Crippen LogP contribution in [-0.2, 0) is 20.3 Å². The Labute approximate surface area is 106 Å². The number of aromatic nitrogens is 2. The first-order chi connectivity index (χ1) is 7.88. The highest BCUT2D eigenvalue weighted by Crippen LogP contribution is 2.23. The number of aryl methyl sites for hydroxylation is 2. The lowest BCUT2D eigenvalue weighted by Crippen LogP contribution is -2.04. The summed E-state index contributed by atoms with van der Waals surface area (Å²) in [5.41, 5.74) is 1.04. The maximum absolute atomic E-state index is 11.4. The maximum Gasteiger partial charge on any atom is 0.264 e. The molecule has 0 fully saturated rings. The minimum atomic E-state index is -3.71. The minimum Gasteiger partial charge on any atom is -0.385 e. The molecule has 1 aromatic rings. The van der Waals surface area contributed by atoms with Gasteiger partial charge in [-0.2, -0.15) is 5.10 Å². The fourth-order valence-corrected chi connectivity index (χ4v) is 3.28. The lowest BCUT2D eigenvalue weighted by Gasteiger charge is -2.04. The molecule has 0 amide bonds. The third-order valence-electron chi connectivity index (χ3n) is 2.53. The van der Waals surface area contributed by atoms with Crippen molar-refractivity contribution in [2.45, 2.75) is 38.1 Å². The molecule has 1 aromatic heterocycles. The van der Waals surface area contributed by atoms with E-state index in [0.717, 1.165) is 12.8 Å². The van der Waals surface area contributed by atoms with Gasteiger partial charge in [0, 0.05) is 30.9 Å². The van der Waals surface area contributed by atoms with Crippen LogP contribution in [0.2, 0.25) is 0 Å². The highest BCUT2D eigenvalue weighted by Gasteiger charge is 2.21. The fraction of sp³-hybridized carbons (Fsp3) is 0.700. The molecule has 0 saturated heterocycles. The van der Waals surface area contributed by atoms with Crippen molar-refractivity contribution in [3.8, 4) is 0 Å². The van der Waals surface area contributed by atoms with Crippen LogP contribution in [0.15, 0.2) is 4.90 Å². The third-order valence-corrected chi connectivity index (χ3v) is 4.07. The summed E-state index contributed by atoms with van der Waals surface area (Å²) in [6.45, 7) is 4.72. The Morgan fingerprint density at radius 3 is 2.47 bits per heavy atom. The van der Waals surface area contributed by atoms with Crippen molar-refractivity contribution in [2.24, 2.45) is 0 Å². The predicted octanol–water partition coefficient (Wildman–Crippen LogP) is 1.85. The van der Waals surface area contributed by atoms with Crippen LogP contribution in [0.5, 0.6) is 0 Å². The first-order valence-electron chi connectivity index (χ1n) is 5.35. The monoisotopic (exact) mass is 280 g/mol. The summed E-state index contributed by atoms with van der Waals surface area (Å²) in [5.74, 6) is 0. The SMILES string of the molecule is COCCCCn1nc(C)c(S(=O)(=O)Cl)c1C. The van der Waals surface area contributed by atoms with E-state index in [9.17, 15) is 8.42 Å². The molecule has 7 heteroatoms. The molecule has 1 rings (SSSR count). The van der Waals surface area contributed by atoms with E-state index in [-0.39, 0.29) is 4.90 Å². The highest BCUT2D eigenvalue weighted by atomic mass is 35.7. The molecular formula is C10H17ClN2O3S. The van der Waals surface area contributed by atoms with Gasteiger partial charge in [0.15, 0.2) is 0 Å². The van der Waals surface area contributed by atoms with Gasteiger partial charge in [-0.1, -0.05) is 0 Å². The number of methoxy groups -OCH3 is 1. The van der Waals surface area contributed by atoms with E-state index < -0.39 is 9.05 Å². The zero-order valence-electron chi connectivity index (χ0n) is 10.2. The Balaban J connectivity index is 2.83. The van der Waals surface area contributed by atoms with Crippen molar-refractivity contribution in [3.05, 3.63) is 11.4 Å². The summed E-state index contributed by atoms with van der Waals surface area (Å²) in [6, 6.07) is 0. The summed E-state index contributed by atoms with van der Waals surface area (Å²) >= 11 is 0. The van der Waals surface area contributed by atoms with E-state index in [2.05, 4.69) is 5.10 Å². The van der Waals surface area contributed by atoms with Crippen LogP contribution in [-0.4, -0.2) is 31.9 Å². The molecule has 5 nitrogen and oxygen atoms in total. The summed E-state index contributed by atoms with van der Waals surface area (Å²) in [4.78, 5) is 0.130. The van der Waals surface area contributed by atoms with Gasteiger partial charge in [-0.05, 0) is 26.7 Å². The molecule has 0 spiro atoms. The van der Waals surface area contributed by atoms with Crippen molar-refractivity contribution in [1.82, 2.24) is 9.78 Å². The predicted molar refractivity (Wildman–Crippen MR) is 65.8 cm³/mol. The number of hydrogen-bond donors (Lipinski definition) is 0. The van der Waals surface area contributed by atoms with Gasteiger partial charge in [-0.3, -0.25) is 4.68 Å². The van der Waals surface area contributed by atoms with Gasteiger partial charge in [0.2, 0.25) is 0 Å². The summed E-state index contributed by atoms with van der Waals surface area (Å²) in [6.07, 6.45) is 1.80. The third kappa shape index (κ3) is 3.69. The second-order valence-electron chi connectivity index (χ2n) is 3.86. The van der Waals surface area contributed by atoms with Crippen LogP contribution >= 0.6 is 10.7 Å². The number of nitrogens with zero attached hydrogens (tertiary/aromatic N) is 2. The van der Waals surface area contributed by atoms with Gasteiger partial charge < -0.3 is 4.74 Å². The van der Waals surface area contributed by atoms with E-state index in [0.29, 0.717) is 24.5 Å². The van der Waals surface area contributed by atoms with Crippen molar-refractivity contribution in [3.63, 3.8) is 0 Å². The summed E-state index contributed by atoms with van der Waals surface area (Å²) in [5, 5.41) is 4.19. The Morgan fingerprint density at radius 1 is 1.35 bits per heavy atom. The number of rotatable bonds is 6. The molecule has 0 bridgehead atoms. The number of ether oxygens (including phenoxy) is 1. The molecule has 0 aliphatic heterocycles.